The number of benzene rings is 1. The van der Waals surface area contributed by atoms with Crippen LogP contribution >= 0.6 is 0 Å². The summed E-state index contributed by atoms with van der Waals surface area (Å²) in [5, 5.41) is 0. The summed E-state index contributed by atoms with van der Waals surface area (Å²) < 4.78 is 21.8. The van der Waals surface area contributed by atoms with Gasteiger partial charge in [0.1, 0.15) is 18.8 Å². The minimum absolute atomic E-state index is 0.0685. The number of hydrogen-bond donors (Lipinski definition) is 1. The molecule has 0 aliphatic carbocycles. The molecule has 1 aromatic rings. The number of carbonyl (C=O) groups is 4. The van der Waals surface area contributed by atoms with Crippen LogP contribution in [-0.4, -0.2) is 42.6 Å². The van der Waals surface area contributed by atoms with Crippen molar-refractivity contribution in [3.05, 3.63) is 23.8 Å². The van der Waals surface area contributed by atoms with Crippen LogP contribution in [0.15, 0.2) is 18.2 Å². The number of nitrogens with two attached hydrogens (primary N) is 1. The average Bonchev–Trinajstić information content (AvgIpc) is 2.88. The molecule has 0 aliphatic heterocycles. The first-order chi connectivity index (χ1) is 18.3. The molecule has 9 heteroatoms. The van der Waals surface area contributed by atoms with Crippen molar-refractivity contribution in [3.63, 3.8) is 0 Å². The lowest BCUT2D eigenvalue weighted by Crippen LogP contribution is -2.37. The molecule has 0 radical (unpaired) electrons. The van der Waals surface area contributed by atoms with E-state index in [0.29, 0.717) is 18.4 Å². The zero-order valence-corrected chi connectivity index (χ0v) is 24.8. The van der Waals surface area contributed by atoms with Gasteiger partial charge in [0.15, 0.2) is 11.5 Å². The maximum Gasteiger partial charge on any atom is 0.323 e. The maximum atomic E-state index is 12.6. The summed E-state index contributed by atoms with van der Waals surface area (Å²) in [5.41, 5.74) is 6.69. The second-order valence-electron chi connectivity index (χ2n) is 10.7. The second kappa shape index (κ2) is 16.9. The summed E-state index contributed by atoms with van der Waals surface area (Å²) in [6, 6.07) is 3.73. The van der Waals surface area contributed by atoms with Gasteiger partial charge >= 0.3 is 23.9 Å². The van der Waals surface area contributed by atoms with Gasteiger partial charge in [0, 0.05) is 0 Å². The lowest BCUT2D eigenvalue weighted by Gasteiger charge is -2.20. The lowest BCUT2D eigenvalue weighted by atomic mass is 9.99. The predicted octanol–water partition coefficient (Wildman–Crippen LogP) is 5.01. The van der Waals surface area contributed by atoms with Crippen LogP contribution in [0.25, 0.3) is 0 Å². The third kappa shape index (κ3) is 11.8. The van der Waals surface area contributed by atoms with E-state index in [-0.39, 0.29) is 54.2 Å². The summed E-state index contributed by atoms with van der Waals surface area (Å²) in [6.07, 6.45) is 2.39. The number of rotatable bonds is 16. The molecule has 220 valence electrons. The minimum Gasteiger partial charge on any atom is -0.462 e. The first-order valence-corrected chi connectivity index (χ1v) is 14.0. The van der Waals surface area contributed by atoms with E-state index in [2.05, 4.69) is 0 Å². The van der Waals surface area contributed by atoms with Crippen molar-refractivity contribution in [3.8, 4) is 11.5 Å². The molecule has 0 aliphatic rings. The van der Waals surface area contributed by atoms with Crippen LogP contribution in [0, 0.1) is 23.7 Å². The van der Waals surface area contributed by atoms with Crippen LogP contribution < -0.4 is 15.2 Å². The topological polar surface area (TPSA) is 131 Å². The average molecular weight is 550 g/mol. The SMILES string of the molecule is CCCC(C)C(=O)Oc1ccc(C[C@H](N)C(=O)O[C@@H](C)COC(=O)C(C)C(C)C)cc1OC(=O)C(C)CCC. The van der Waals surface area contributed by atoms with Crippen LogP contribution in [0.4, 0.5) is 0 Å². The third-order valence-electron chi connectivity index (χ3n) is 6.59. The molecule has 0 saturated heterocycles. The monoisotopic (exact) mass is 549 g/mol. The Morgan fingerprint density at radius 2 is 1.31 bits per heavy atom. The Kier molecular flexibility index (Phi) is 14.8. The molecule has 1 rings (SSSR count). The van der Waals surface area contributed by atoms with Crippen molar-refractivity contribution in [2.24, 2.45) is 29.4 Å². The molecule has 3 unspecified atom stereocenters. The van der Waals surface area contributed by atoms with E-state index in [1.54, 1.807) is 39.8 Å². The van der Waals surface area contributed by atoms with Gasteiger partial charge in [-0.3, -0.25) is 19.2 Å². The molecule has 5 atom stereocenters. The second-order valence-corrected chi connectivity index (χ2v) is 10.7. The van der Waals surface area contributed by atoms with Gasteiger partial charge in [-0.15, -0.1) is 0 Å². The summed E-state index contributed by atoms with van der Waals surface area (Å²) in [6.45, 7) is 14.7. The highest BCUT2D eigenvalue weighted by Gasteiger charge is 2.24. The van der Waals surface area contributed by atoms with Crippen LogP contribution in [0.5, 0.6) is 11.5 Å². The zero-order valence-electron chi connectivity index (χ0n) is 24.8. The predicted molar refractivity (Wildman–Crippen MR) is 148 cm³/mol. The van der Waals surface area contributed by atoms with Gasteiger partial charge in [0.05, 0.1) is 17.8 Å². The Hall–Kier alpha value is -2.94. The molecule has 1 aromatic carbocycles. The fourth-order valence-corrected chi connectivity index (χ4v) is 3.62. The molecule has 0 fully saturated rings. The molecule has 0 saturated carbocycles. The van der Waals surface area contributed by atoms with Crippen LogP contribution in [0.2, 0.25) is 0 Å². The quantitative estimate of drug-likeness (QED) is 0.223. The molecule has 39 heavy (non-hydrogen) atoms. The molecule has 9 nitrogen and oxygen atoms in total. The molecule has 0 spiro atoms. The molecular formula is C30H47NO8. The van der Waals surface area contributed by atoms with E-state index >= 15 is 0 Å². The smallest absolute Gasteiger partial charge is 0.323 e. The third-order valence-corrected chi connectivity index (χ3v) is 6.59. The van der Waals surface area contributed by atoms with E-state index in [1.807, 2.05) is 27.7 Å². The fraction of sp³-hybridized carbons (Fsp3) is 0.667. The van der Waals surface area contributed by atoms with Crippen molar-refractivity contribution < 1.29 is 38.1 Å². The first-order valence-electron chi connectivity index (χ1n) is 14.0. The highest BCUT2D eigenvalue weighted by Crippen LogP contribution is 2.31. The highest BCUT2D eigenvalue weighted by molar-refractivity contribution is 5.79. The standard InChI is InChI=1S/C30H47NO8/c1-9-11-19(5)27(32)38-25-14-13-23(16-26(25)39-28(33)20(6)12-10-2)15-24(31)30(35)37-21(7)17-36-29(34)22(8)18(3)4/h13-14,16,18-22,24H,9-12,15,17,31H2,1-8H3/t19?,20?,21-,22?,24-/m0/s1. The van der Waals surface area contributed by atoms with E-state index < -0.39 is 30.1 Å². The Morgan fingerprint density at radius 3 is 1.82 bits per heavy atom. The normalized spacial score (nSPS) is 15.0. The molecule has 0 amide bonds. The van der Waals surface area contributed by atoms with Crippen LogP contribution in [0.1, 0.15) is 86.6 Å². The van der Waals surface area contributed by atoms with Crippen LogP contribution in [0.3, 0.4) is 0 Å². The van der Waals surface area contributed by atoms with E-state index in [0.717, 1.165) is 12.8 Å². The number of esters is 4. The molecule has 0 bridgehead atoms. The van der Waals surface area contributed by atoms with E-state index in [1.165, 1.54) is 6.07 Å². The van der Waals surface area contributed by atoms with Gasteiger partial charge in [-0.05, 0) is 49.8 Å². The van der Waals surface area contributed by atoms with Gasteiger partial charge in [0.2, 0.25) is 0 Å². The van der Waals surface area contributed by atoms with Gasteiger partial charge in [-0.1, -0.05) is 67.4 Å². The van der Waals surface area contributed by atoms with Crippen molar-refractivity contribution in [1.29, 1.82) is 0 Å². The van der Waals surface area contributed by atoms with Gasteiger partial charge < -0.3 is 24.7 Å². The number of ether oxygens (including phenoxy) is 4. The Morgan fingerprint density at radius 1 is 0.769 bits per heavy atom. The van der Waals surface area contributed by atoms with Crippen molar-refractivity contribution in [1.82, 2.24) is 0 Å². The van der Waals surface area contributed by atoms with Gasteiger partial charge in [-0.2, -0.15) is 0 Å². The molecule has 2 N–H and O–H groups in total. The largest absolute Gasteiger partial charge is 0.462 e. The van der Waals surface area contributed by atoms with Gasteiger partial charge in [-0.25, -0.2) is 0 Å². The Labute approximate surface area is 233 Å². The zero-order chi connectivity index (χ0) is 29.7. The van der Waals surface area contributed by atoms with Gasteiger partial charge in [0.25, 0.3) is 0 Å². The summed E-state index contributed by atoms with van der Waals surface area (Å²) in [7, 11) is 0. The number of hydrogen-bond acceptors (Lipinski definition) is 9. The molecular weight excluding hydrogens is 502 g/mol. The van der Waals surface area contributed by atoms with Crippen molar-refractivity contribution in [2.45, 2.75) is 99.6 Å². The van der Waals surface area contributed by atoms with E-state index in [9.17, 15) is 19.2 Å². The van der Waals surface area contributed by atoms with Crippen molar-refractivity contribution >= 4 is 23.9 Å². The summed E-state index contributed by atoms with van der Waals surface area (Å²) in [5.74, 6) is -2.41. The first kappa shape index (κ1) is 34.1. The Balaban J connectivity index is 2.94. The fourth-order valence-electron chi connectivity index (χ4n) is 3.62. The van der Waals surface area contributed by atoms with Crippen LogP contribution in [-0.2, 0) is 35.1 Å². The maximum absolute atomic E-state index is 12.6. The number of carbonyl (C=O) groups excluding carboxylic acids is 4. The lowest BCUT2D eigenvalue weighted by molar-refractivity contribution is -0.161. The minimum atomic E-state index is -1.02. The highest BCUT2D eigenvalue weighted by atomic mass is 16.6. The molecule has 0 aromatic heterocycles. The Bertz CT molecular complexity index is 960. The summed E-state index contributed by atoms with van der Waals surface area (Å²) in [4.78, 5) is 49.8. The van der Waals surface area contributed by atoms with E-state index in [4.69, 9.17) is 24.7 Å². The van der Waals surface area contributed by atoms with Crippen molar-refractivity contribution in [2.75, 3.05) is 6.61 Å². The summed E-state index contributed by atoms with van der Waals surface area (Å²) >= 11 is 0. The molecule has 0 heterocycles.